The van der Waals surface area contributed by atoms with E-state index in [1.54, 1.807) is 11.3 Å². The molecule has 2 heteroatoms. The first kappa shape index (κ1) is 30.6. The Balaban J connectivity index is 1.18. The number of aryl methyl sites for hydroxylation is 1. The van der Waals surface area contributed by atoms with E-state index in [1.165, 1.54) is 113 Å². The van der Waals surface area contributed by atoms with E-state index < -0.39 is 0 Å². The van der Waals surface area contributed by atoms with Crippen molar-refractivity contribution in [1.29, 1.82) is 0 Å². The molecule has 0 spiro atoms. The minimum absolute atomic E-state index is 1.25. The zero-order chi connectivity index (χ0) is 35.0. The molecule has 0 atom stereocenters. The van der Waals surface area contributed by atoms with Crippen molar-refractivity contribution in [3.8, 4) is 44.5 Å². The lowest BCUT2D eigenvalue weighted by Gasteiger charge is -2.18. The fourth-order valence-electron chi connectivity index (χ4n) is 8.87. The molecule has 0 aliphatic carbocycles. The Bertz CT molecular complexity index is 3120. The summed E-state index contributed by atoms with van der Waals surface area (Å²) in [5.74, 6) is 0. The molecule has 0 radical (unpaired) electrons. The lowest BCUT2D eigenvalue weighted by Crippen LogP contribution is -1.91. The van der Waals surface area contributed by atoms with Crippen molar-refractivity contribution >= 4 is 85.9 Å². The molecule has 0 N–H and O–H groups in total. The van der Waals surface area contributed by atoms with Crippen molar-refractivity contribution in [2.75, 3.05) is 0 Å². The minimum atomic E-state index is 1.25. The van der Waals surface area contributed by atoms with Gasteiger partial charge in [0.15, 0.2) is 0 Å². The first-order valence-electron chi connectivity index (χ1n) is 18.2. The Kier molecular flexibility index (Phi) is 6.92. The van der Waals surface area contributed by atoms with Crippen LogP contribution in [-0.4, -0.2) is 0 Å². The lowest BCUT2D eigenvalue weighted by molar-refractivity contribution is 1.55. The molecular weight excluding hydrogens is 677 g/mol. The van der Waals surface area contributed by atoms with Crippen molar-refractivity contribution < 1.29 is 0 Å². The standard InChI is InChI=1S/C51H32S2/c1-31-29-52-30-44(31)50-40-22-11-7-18-36(40)48(37-19-8-12-23-41(37)50)33-26-27-42-46(28-33)53-45-25-13-24-43(51(42)45)49-38-20-9-5-16-34(38)47(32-14-3-2-4-15-32)35-17-6-10-21-39(35)49/h2-30H,1H3. The van der Waals surface area contributed by atoms with Gasteiger partial charge in [0.05, 0.1) is 0 Å². The predicted molar refractivity (Wildman–Crippen MR) is 234 cm³/mol. The average molecular weight is 709 g/mol. The third-order valence-corrected chi connectivity index (χ3v) is 13.1. The second-order valence-corrected chi connectivity index (χ2v) is 15.8. The Morgan fingerprint density at radius 1 is 0.340 bits per heavy atom. The van der Waals surface area contributed by atoms with Gasteiger partial charge in [0, 0.05) is 20.2 Å². The molecule has 0 amide bonds. The average Bonchev–Trinajstić information content (AvgIpc) is 3.81. The number of thiophene rings is 2. The summed E-state index contributed by atoms with van der Waals surface area (Å²) in [4.78, 5) is 0. The Morgan fingerprint density at radius 2 is 0.830 bits per heavy atom. The van der Waals surface area contributed by atoms with Gasteiger partial charge in [-0.25, -0.2) is 0 Å². The molecule has 0 nitrogen and oxygen atoms in total. The van der Waals surface area contributed by atoms with Crippen LogP contribution in [0.3, 0.4) is 0 Å². The van der Waals surface area contributed by atoms with E-state index in [2.05, 4.69) is 181 Å². The summed E-state index contributed by atoms with van der Waals surface area (Å²) in [5.41, 5.74) is 11.7. The molecule has 53 heavy (non-hydrogen) atoms. The van der Waals surface area contributed by atoms with Gasteiger partial charge in [-0.15, -0.1) is 11.3 Å². The molecule has 0 saturated carbocycles. The van der Waals surface area contributed by atoms with E-state index in [0.717, 1.165) is 0 Å². The van der Waals surface area contributed by atoms with Crippen LogP contribution in [0.25, 0.3) is 108 Å². The molecule has 2 aromatic heterocycles. The van der Waals surface area contributed by atoms with Gasteiger partial charge in [0.2, 0.25) is 0 Å². The SMILES string of the molecule is Cc1cscc1-c1c2ccccc2c(-c2ccc3c(c2)sc2cccc(-c4c5ccccc5c(-c5ccccc5)c5ccccc45)c23)c2ccccc12. The molecule has 0 aliphatic heterocycles. The smallest absolute Gasteiger partial charge is 0.0361 e. The summed E-state index contributed by atoms with van der Waals surface area (Å²) >= 11 is 3.69. The van der Waals surface area contributed by atoms with Gasteiger partial charge in [-0.1, -0.05) is 152 Å². The van der Waals surface area contributed by atoms with Crippen LogP contribution < -0.4 is 0 Å². The van der Waals surface area contributed by atoms with Gasteiger partial charge in [0.25, 0.3) is 0 Å². The molecule has 0 aliphatic rings. The number of benzene rings is 9. The van der Waals surface area contributed by atoms with Crippen molar-refractivity contribution in [3.05, 3.63) is 180 Å². The van der Waals surface area contributed by atoms with Gasteiger partial charge < -0.3 is 0 Å². The van der Waals surface area contributed by atoms with E-state index in [0.29, 0.717) is 0 Å². The molecule has 0 bridgehead atoms. The summed E-state index contributed by atoms with van der Waals surface area (Å²) in [5, 5.41) is 17.6. The third kappa shape index (κ3) is 4.59. The summed E-state index contributed by atoms with van der Waals surface area (Å²) in [6.07, 6.45) is 0. The molecule has 2 heterocycles. The first-order chi connectivity index (χ1) is 26.2. The van der Waals surface area contributed by atoms with E-state index in [-0.39, 0.29) is 0 Å². The van der Waals surface area contributed by atoms with E-state index in [1.807, 2.05) is 11.3 Å². The second kappa shape index (κ2) is 12.0. The minimum Gasteiger partial charge on any atom is -0.151 e. The van der Waals surface area contributed by atoms with E-state index >= 15 is 0 Å². The molecule has 11 rings (SSSR count). The summed E-state index contributed by atoms with van der Waals surface area (Å²) in [7, 11) is 0. The van der Waals surface area contributed by atoms with Gasteiger partial charge in [0.1, 0.15) is 0 Å². The number of hydrogen-bond acceptors (Lipinski definition) is 2. The quantitative estimate of drug-likeness (QED) is 0.160. The molecule has 9 aromatic carbocycles. The number of rotatable bonds is 4. The Morgan fingerprint density at radius 3 is 1.36 bits per heavy atom. The fraction of sp³-hybridized carbons (Fsp3) is 0.0196. The highest BCUT2D eigenvalue weighted by atomic mass is 32.1. The number of fused-ring (bicyclic) bond motifs is 7. The Hall–Kier alpha value is -6.06. The van der Waals surface area contributed by atoms with Crippen molar-refractivity contribution in [2.24, 2.45) is 0 Å². The van der Waals surface area contributed by atoms with Crippen LogP contribution in [0.1, 0.15) is 5.56 Å². The van der Waals surface area contributed by atoms with Crippen LogP contribution >= 0.6 is 22.7 Å². The largest absolute Gasteiger partial charge is 0.151 e. The third-order valence-electron chi connectivity index (χ3n) is 11.1. The van der Waals surface area contributed by atoms with Crippen LogP contribution in [0.2, 0.25) is 0 Å². The molecule has 11 aromatic rings. The van der Waals surface area contributed by atoms with Crippen LogP contribution in [0.4, 0.5) is 0 Å². The van der Waals surface area contributed by atoms with E-state index in [9.17, 15) is 0 Å². The zero-order valence-corrected chi connectivity index (χ0v) is 30.7. The second-order valence-electron chi connectivity index (χ2n) is 14.0. The van der Waals surface area contributed by atoms with Crippen molar-refractivity contribution in [1.82, 2.24) is 0 Å². The molecular formula is C51H32S2. The lowest BCUT2D eigenvalue weighted by atomic mass is 9.84. The summed E-state index contributed by atoms with van der Waals surface area (Å²) in [6, 6.07) is 60.9. The topological polar surface area (TPSA) is 0 Å². The number of hydrogen-bond donors (Lipinski definition) is 0. The van der Waals surface area contributed by atoms with Gasteiger partial charge >= 0.3 is 0 Å². The maximum atomic E-state index is 2.45. The van der Waals surface area contributed by atoms with Crippen LogP contribution in [-0.2, 0) is 0 Å². The monoisotopic (exact) mass is 708 g/mol. The fourth-order valence-corrected chi connectivity index (χ4v) is 10.9. The molecule has 0 unspecified atom stereocenters. The molecule has 0 saturated heterocycles. The zero-order valence-electron chi connectivity index (χ0n) is 29.1. The van der Waals surface area contributed by atoms with Crippen LogP contribution in [0.5, 0.6) is 0 Å². The van der Waals surface area contributed by atoms with Gasteiger partial charge in [-0.3, -0.25) is 0 Å². The maximum absolute atomic E-state index is 2.45. The Labute approximate surface area is 315 Å². The summed E-state index contributed by atoms with van der Waals surface area (Å²) in [6.45, 7) is 2.23. The van der Waals surface area contributed by atoms with Gasteiger partial charge in [-0.05, 0) is 123 Å². The maximum Gasteiger partial charge on any atom is 0.0361 e. The summed E-state index contributed by atoms with van der Waals surface area (Å²) < 4.78 is 2.62. The van der Waals surface area contributed by atoms with Crippen molar-refractivity contribution in [3.63, 3.8) is 0 Å². The van der Waals surface area contributed by atoms with Crippen molar-refractivity contribution in [2.45, 2.75) is 6.92 Å². The highest BCUT2D eigenvalue weighted by molar-refractivity contribution is 7.26. The predicted octanol–water partition coefficient (Wildman–Crippen LogP) is 15.7. The van der Waals surface area contributed by atoms with Crippen LogP contribution in [0, 0.1) is 6.92 Å². The molecule has 0 fully saturated rings. The highest BCUT2D eigenvalue weighted by Crippen LogP contribution is 2.50. The highest BCUT2D eigenvalue weighted by Gasteiger charge is 2.21. The van der Waals surface area contributed by atoms with Crippen LogP contribution in [0.15, 0.2) is 175 Å². The van der Waals surface area contributed by atoms with Gasteiger partial charge in [-0.2, -0.15) is 11.3 Å². The molecule has 248 valence electrons. The van der Waals surface area contributed by atoms with E-state index in [4.69, 9.17) is 0 Å². The first-order valence-corrected chi connectivity index (χ1v) is 19.9. The normalized spacial score (nSPS) is 11.9.